The first-order valence-electron chi connectivity index (χ1n) is 5.65. The molecule has 0 aromatic heterocycles. The molecule has 0 aliphatic heterocycles. The van der Waals surface area contributed by atoms with E-state index in [0.717, 1.165) is 0 Å². The summed E-state index contributed by atoms with van der Waals surface area (Å²) in [6.45, 7) is 3.05. The molecular weight excluding hydrogens is 304 g/mol. The molecule has 6 nitrogen and oxygen atoms in total. The van der Waals surface area contributed by atoms with Crippen LogP contribution in [0.15, 0.2) is 40.3 Å². The topological polar surface area (TPSA) is 84.5 Å². The van der Waals surface area contributed by atoms with E-state index < -0.39 is 10.0 Å². The lowest BCUT2D eigenvalue weighted by atomic mass is 10.3. The number of allylic oxidation sites excluding steroid dienone is 1. The van der Waals surface area contributed by atoms with Gasteiger partial charge in [0.15, 0.2) is 0 Å². The molecule has 1 aromatic rings. The number of hydrogen-bond acceptors (Lipinski definition) is 4. The van der Waals surface area contributed by atoms with E-state index in [1.165, 1.54) is 37.3 Å². The van der Waals surface area contributed by atoms with Gasteiger partial charge in [-0.15, -0.1) is 0 Å². The maximum atomic E-state index is 11.8. The van der Waals surface area contributed by atoms with Crippen molar-refractivity contribution in [1.82, 2.24) is 4.89 Å². The molecule has 0 radical (unpaired) electrons. The molecule has 0 saturated heterocycles. The molecule has 1 rings (SSSR count). The third-order valence-electron chi connectivity index (χ3n) is 2.10. The average molecular weight is 319 g/mol. The van der Waals surface area contributed by atoms with Crippen LogP contribution >= 0.6 is 11.6 Å². The van der Waals surface area contributed by atoms with Crippen LogP contribution in [0.25, 0.3) is 0 Å². The van der Waals surface area contributed by atoms with Crippen LogP contribution in [0.1, 0.15) is 13.8 Å². The van der Waals surface area contributed by atoms with Gasteiger partial charge in [0, 0.05) is 17.6 Å². The highest BCUT2D eigenvalue weighted by Crippen LogP contribution is 2.13. The van der Waals surface area contributed by atoms with Gasteiger partial charge in [0.1, 0.15) is 0 Å². The van der Waals surface area contributed by atoms with Crippen LogP contribution in [0.2, 0.25) is 0 Å². The number of benzene rings is 1. The van der Waals surface area contributed by atoms with Gasteiger partial charge in [0.2, 0.25) is 5.91 Å². The summed E-state index contributed by atoms with van der Waals surface area (Å²) in [6, 6.07) is 5.69. The minimum absolute atomic E-state index is 0.0261. The fraction of sp³-hybridized carbons (Fsp3) is 0.250. The van der Waals surface area contributed by atoms with Gasteiger partial charge in [-0.25, -0.2) is 8.42 Å². The van der Waals surface area contributed by atoms with Gasteiger partial charge in [-0.2, -0.15) is 0 Å². The zero-order valence-electron chi connectivity index (χ0n) is 11.0. The summed E-state index contributed by atoms with van der Waals surface area (Å²) >= 11 is 5.57. The van der Waals surface area contributed by atoms with Crippen LogP contribution in [-0.2, 0) is 19.7 Å². The number of amides is 1. The molecule has 0 heterocycles. The van der Waals surface area contributed by atoms with Gasteiger partial charge < -0.3 is 5.32 Å². The molecule has 0 aliphatic rings. The quantitative estimate of drug-likeness (QED) is 0.620. The maximum absolute atomic E-state index is 11.8. The van der Waals surface area contributed by atoms with Crippen molar-refractivity contribution in [3.8, 4) is 0 Å². The van der Waals surface area contributed by atoms with E-state index in [1.807, 2.05) is 4.89 Å². The molecule has 0 unspecified atom stereocenters. The SMILES string of the molecule is CC(=O)Nc1ccc(S(=O)(=O)NOC/C=C(/C)Cl)cc1. The smallest absolute Gasteiger partial charge is 0.262 e. The number of hydrogen-bond donors (Lipinski definition) is 2. The number of rotatable bonds is 6. The van der Waals surface area contributed by atoms with Crippen molar-refractivity contribution in [2.75, 3.05) is 11.9 Å². The number of halogens is 1. The highest BCUT2D eigenvalue weighted by atomic mass is 35.5. The molecule has 110 valence electrons. The Bertz CT molecular complexity index is 592. The summed E-state index contributed by atoms with van der Waals surface area (Å²) in [5.74, 6) is -0.231. The summed E-state index contributed by atoms with van der Waals surface area (Å²) in [5, 5.41) is 3.04. The Balaban J connectivity index is 2.68. The van der Waals surface area contributed by atoms with E-state index in [4.69, 9.17) is 16.4 Å². The molecule has 1 aromatic carbocycles. The molecule has 2 N–H and O–H groups in total. The Kier molecular flexibility index (Phi) is 6.15. The predicted octanol–water partition coefficient (Wildman–Crippen LogP) is 2.00. The Morgan fingerprint density at radius 3 is 2.40 bits per heavy atom. The third-order valence-corrected chi connectivity index (χ3v) is 3.49. The lowest BCUT2D eigenvalue weighted by Crippen LogP contribution is -2.24. The van der Waals surface area contributed by atoms with E-state index in [2.05, 4.69) is 5.32 Å². The lowest BCUT2D eigenvalue weighted by molar-refractivity contribution is -0.114. The molecule has 1 amide bonds. The van der Waals surface area contributed by atoms with Gasteiger partial charge in [-0.1, -0.05) is 16.5 Å². The molecule has 0 spiro atoms. The van der Waals surface area contributed by atoms with Crippen molar-refractivity contribution in [3.05, 3.63) is 35.4 Å². The number of anilines is 1. The highest BCUT2D eigenvalue weighted by Gasteiger charge is 2.13. The molecule has 20 heavy (non-hydrogen) atoms. The molecule has 8 heteroatoms. The van der Waals surface area contributed by atoms with Gasteiger partial charge in [0.25, 0.3) is 10.0 Å². The van der Waals surface area contributed by atoms with Crippen molar-refractivity contribution in [2.24, 2.45) is 0 Å². The van der Waals surface area contributed by atoms with Crippen LogP contribution < -0.4 is 10.2 Å². The molecule has 0 atom stereocenters. The summed E-state index contributed by atoms with van der Waals surface area (Å²) < 4.78 is 23.7. The largest absolute Gasteiger partial charge is 0.326 e. The second-order valence-corrected chi connectivity index (χ2v) is 6.14. The Morgan fingerprint density at radius 1 is 1.30 bits per heavy atom. The number of sulfonamides is 1. The first-order chi connectivity index (χ1) is 9.31. The second kappa shape index (κ2) is 7.39. The number of nitrogens with one attached hydrogen (secondary N) is 2. The fourth-order valence-electron chi connectivity index (χ4n) is 1.24. The Labute approximate surface area is 122 Å². The Hall–Kier alpha value is -1.41. The zero-order chi connectivity index (χ0) is 15.2. The van der Waals surface area contributed by atoms with Gasteiger partial charge in [-0.05, 0) is 37.3 Å². The highest BCUT2D eigenvalue weighted by molar-refractivity contribution is 7.89. The summed E-state index contributed by atoms with van der Waals surface area (Å²) in [6.07, 6.45) is 1.52. The summed E-state index contributed by atoms with van der Waals surface area (Å²) in [7, 11) is -3.76. The van der Waals surface area contributed by atoms with Crippen LogP contribution in [0.3, 0.4) is 0 Å². The van der Waals surface area contributed by atoms with Gasteiger partial charge in [-0.3, -0.25) is 9.63 Å². The minimum Gasteiger partial charge on any atom is -0.326 e. The van der Waals surface area contributed by atoms with Crippen molar-refractivity contribution in [3.63, 3.8) is 0 Å². The van der Waals surface area contributed by atoms with Crippen LogP contribution in [-0.4, -0.2) is 20.9 Å². The Morgan fingerprint density at radius 2 is 1.90 bits per heavy atom. The van der Waals surface area contributed by atoms with E-state index >= 15 is 0 Å². The number of carbonyl (C=O) groups is 1. The average Bonchev–Trinajstić information content (AvgIpc) is 2.34. The first-order valence-corrected chi connectivity index (χ1v) is 7.51. The van der Waals surface area contributed by atoms with E-state index in [9.17, 15) is 13.2 Å². The lowest BCUT2D eigenvalue weighted by Gasteiger charge is -2.07. The normalized spacial score (nSPS) is 12.2. The maximum Gasteiger partial charge on any atom is 0.262 e. The molecule has 0 saturated carbocycles. The fourth-order valence-corrected chi connectivity index (χ4v) is 2.11. The standard InChI is InChI=1S/C12H15ClN2O4S/c1-9(13)7-8-19-15-20(17,18)12-5-3-11(4-6-12)14-10(2)16/h3-7,15H,8H2,1-2H3,(H,14,16)/b9-7-. The molecule has 0 fully saturated rings. The third kappa shape index (κ3) is 5.70. The van der Waals surface area contributed by atoms with Gasteiger partial charge in [0.05, 0.1) is 11.5 Å². The van der Waals surface area contributed by atoms with E-state index in [0.29, 0.717) is 10.7 Å². The van der Waals surface area contributed by atoms with Crippen molar-refractivity contribution in [2.45, 2.75) is 18.7 Å². The summed E-state index contributed by atoms with van der Waals surface area (Å²) in [4.78, 5) is 17.6. The first kappa shape index (κ1) is 16.6. The minimum atomic E-state index is -3.76. The van der Waals surface area contributed by atoms with Crippen LogP contribution in [0.4, 0.5) is 5.69 Å². The molecular formula is C12H15ClN2O4S. The molecule has 0 aliphatic carbocycles. The van der Waals surface area contributed by atoms with Crippen molar-refractivity contribution < 1.29 is 18.0 Å². The summed E-state index contributed by atoms with van der Waals surface area (Å²) in [5.41, 5.74) is 0.512. The van der Waals surface area contributed by atoms with Crippen LogP contribution in [0, 0.1) is 0 Å². The molecule has 0 bridgehead atoms. The van der Waals surface area contributed by atoms with E-state index in [1.54, 1.807) is 6.92 Å². The van der Waals surface area contributed by atoms with Crippen molar-refractivity contribution in [1.29, 1.82) is 0 Å². The van der Waals surface area contributed by atoms with E-state index in [-0.39, 0.29) is 17.4 Å². The predicted molar refractivity (Wildman–Crippen MR) is 76.6 cm³/mol. The number of carbonyl (C=O) groups excluding carboxylic acids is 1. The van der Waals surface area contributed by atoms with Gasteiger partial charge >= 0.3 is 0 Å². The monoisotopic (exact) mass is 318 g/mol. The van der Waals surface area contributed by atoms with Crippen molar-refractivity contribution >= 4 is 33.2 Å². The second-order valence-electron chi connectivity index (χ2n) is 3.89. The van der Waals surface area contributed by atoms with Crippen LogP contribution in [0.5, 0.6) is 0 Å². The zero-order valence-corrected chi connectivity index (χ0v) is 12.6.